The normalized spacial score (nSPS) is 18.6. The van der Waals surface area contributed by atoms with Gasteiger partial charge in [-0.3, -0.25) is 0 Å². The Morgan fingerprint density at radius 3 is 2.30 bits per heavy atom. The minimum absolute atomic E-state index is 0.201. The van der Waals surface area contributed by atoms with Crippen LogP contribution in [0.1, 0.15) is 42.3 Å². The lowest BCUT2D eigenvalue weighted by Gasteiger charge is -2.23. The number of ether oxygens (including phenoxy) is 3. The van der Waals surface area contributed by atoms with Gasteiger partial charge in [0.15, 0.2) is 12.2 Å². The van der Waals surface area contributed by atoms with Gasteiger partial charge in [-0.25, -0.2) is 6.57 Å². The molecule has 3 unspecified atom stereocenters. The molecule has 5 nitrogen and oxygen atoms in total. The summed E-state index contributed by atoms with van der Waals surface area (Å²) in [4.78, 5) is 3.72. The molecule has 3 rings (SSSR count). The third kappa shape index (κ3) is 4.58. The maximum absolute atomic E-state index is 9.67. The number of benzene rings is 2. The highest BCUT2D eigenvalue weighted by molar-refractivity contribution is 5.39. The van der Waals surface area contributed by atoms with Gasteiger partial charge in [-0.05, 0) is 54.8 Å². The third-order valence-corrected chi connectivity index (χ3v) is 4.70. The fourth-order valence-corrected chi connectivity index (χ4v) is 3.18. The fourth-order valence-electron chi connectivity index (χ4n) is 3.18. The Balaban J connectivity index is 1.75. The van der Waals surface area contributed by atoms with Crippen LogP contribution >= 0.6 is 0 Å². The molecule has 1 fully saturated rings. The molecule has 2 aromatic carbocycles. The van der Waals surface area contributed by atoms with E-state index in [9.17, 15) is 5.26 Å². The van der Waals surface area contributed by atoms with Crippen molar-refractivity contribution in [3.05, 3.63) is 71.1 Å². The smallest absolute Gasteiger partial charge is 0.268 e. The van der Waals surface area contributed by atoms with Gasteiger partial charge in [0.2, 0.25) is 0 Å². The Bertz CT molecular complexity index is 813. The van der Waals surface area contributed by atoms with Gasteiger partial charge in [0.1, 0.15) is 11.5 Å². The van der Waals surface area contributed by atoms with E-state index in [1.54, 1.807) is 7.11 Å². The standard InChI is InChI=1S/C22H22N2O3/c1-24-22(20(15-23)16-6-10-18(25-2)11-7-16)17-8-12-19(13-9-17)27-21-5-3-4-14-26-21/h6-13,20-22H,3-5,14H2,2H3. The lowest BCUT2D eigenvalue weighted by Crippen LogP contribution is -2.24. The zero-order valence-electron chi connectivity index (χ0n) is 15.3. The highest BCUT2D eigenvalue weighted by Crippen LogP contribution is 2.35. The zero-order valence-corrected chi connectivity index (χ0v) is 15.3. The number of hydrogen-bond donors (Lipinski definition) is 0. The van der Waals surface area contributed by atoms with E-state index in [0.29, 0.717) is 5.75 Å². The van der Waals surface area contributed by atoms with Crippen LogP contribution in [0.3, 0.4) is 0 Å². The summed E-state index contributed by atoms with van der Waals surface area (Å²) in [5.74, 6) is 0.885. The van der Waals surface area contributed by atoms with E-state index >= 15 is 0 Å². The highest BCUT2D eigenvalue weighted by atomic mass is 16.7. The van der Waals surface area contributed by atoms with Crippen molar-refractivity contribution in [2.45, 2.75) is 37.5 Å². The van der Waals surface area contributed by atoms with Crippen LogP contribution in [0, 0.1) is 17.9 Å². The Hall–Kier alpha value is -3.02. The van der Waals surface area contributed by atoms with E-state index in [-0.39, 0.29) is 6.29 Å². The number of hydrogen-bond acceptors (Lipinski definition) is 4. The van der Waals surface area contributed by atoms with Crippen molar-refractivity contribution in [3.63, 3.8) is 0 Å². The molecule has 0 spiro atoms. The molecule has 3 atom stereocenters. The van der Waals surface area contributed by atoms with Crippen LogP contribution in [0.5, 0.6) is 11.5 Å². The molecule has 2 aromatic rings. The van der Waals surface area contributed by atoms with Gasteiger partial charge in [0.25, 0.3) is 6.04 Å². The second kappa shape index (κ2) is 9.07. The van der Waals surface area contributed by atoms with E-state index in [1.807, 2.05) is 48.5 Å². The first-order valence-corrected chi connectivity index (χ1v) is 9.03. The van der Waals surface area contributed by atoms with Crippen LogP contribution in [-0.2, 0) is 4.74 Å². The van der Waals surface area contributed by atoms with Gasteiger partial charge < -0.3 is 19.1 Å². The molecule has 0 radical (unpaired) electrons. The first-order valence-electron chi connectivity index (χ1n) is 9.03. The first kappa shape index (κ1) is 18.8. The van der Waals surface area contributed by atoms with Gasteiger partial charge in [-0.2, -0.15) is 5.26 Å². The van der Waals surface area contributed by atoms with Crippen LogP contribution in [0.2, 0.25) is 0 Å². The van der Waals surface area contributed by atoms with Crippen molar-refractivity contribution in [2.75, 3.05) is 13.7 Å². The molecule has 0 bridgehead atoms. The van der Waals surface area contributed by atoms with Crippen LogP contribution < -0.4 is 9.47 Å². The molecule has 1 aliphatic heterocycles. The van der Waals surface area contributed by atoms with E-state index in [0.717, 1.165) is 42.7 Å². The Labute approximate surface area is 159 Å². The van der Waals surface area contributed by atoms with Gasteiger partial charge >= 0.3 is 0 Å². The monoisotopic (exact) mass is 362 g/mol. The molecular weight excluding hydrogens is 340 g/mol. The molecule has 5 heteroatoms. The van der Waals surface area contributed by atoms with Crippen LogP contribution in [0.4, 0.5) is 0 Å². The third-order valence-electron chi connectivity index (χ3n) is 4.70. The summed E-state index contributed by atoms with van der Waals surface area (Å²) in [7, 11) is 1.60. The minimum Gasteiger partial charge on any atom is -0.497 e. The summed E-state index contributed by atoms with van der Waals surface area (Å²) in [6.45, 7) is 8.35. The predicted molar refractivity (Wildman–Crippen MR) is 101 cm³/mol. The quantitative estimate of drug-likeness (QED) is 0.688. The van der Waals surface area contributed by atoms with Crippen LogP contribution in [0.25, 0.3) is 4.85 Å². The topological polar surface area (TPSA) is 55.8 Å². The maximum atomic E-state index is 9.67. The second-order valence-electron chi connectivity index (χ2n) is 6.44. The SMILES string of the molecule is [C-]#[N+]C(c1ccc(OC2CCCCO2)cc1)C(C#N)c1ccc(OC)cc1. The van der Waals surface area contributed by atoms with Crippen molar-refractivity contribution in [1.29, 1.82) is 5.26 Å². The molecule has 27 heavy (non-hydrogen) atoms. The number of nitrogens with zero attached hydrogens (tertiary/aromatic N) is 2. The summed E-state index contributed by atoms with van der Waals surface area (Å²) in [6.07, 6.45) is 2.87. The van der Waals surface area contributed by atoms with Crippen molar-refractivity contribution in [3.8, 4) is 17.6 Å². The van der Waals surface area contributed by atoms with Crippen LogP contribution in [-0.4, -0.2) is 20.0 Å². The molecule has 0 saturated carbocycles. The lowest BCUT2D eigenvalue weighted by molar-refractivity contribution is -0.105. The fraction of sp³-hybridized carbons (Fsp3) is 0.364. The molecule has 0 aromatic heterocycles. The number of methoxy groups -OCH3 is 1. The van der Waals surface area contributed by atoms with Gasteiger partial charge in [0, 0.05) is 12.0 Å². The van der Waals surface area contributed by atoms with Crippen molar-refractivity contribution in [2.24, 2.45) is 0 Å². The molecule has 0 N–H and O–H groups in total. The molecule has 138 valence electrons. The Morgan fingerprint density at radius 1 is 1.07 bits per heavy atom. The van der Waals surface area contributed by atoms with E-state index in [4.69, 9.17) is 20.8 Å². The first-order chi connectivity index (χ1) is 13.2. The molecular formula is C22H22N2O3. The molecule has 0 amide bonds. The molecule has 1 heterocycles. The lowest BCUT2D eigenvalue weighted by atomic mass is 9.88. The minimum atomic E-state index is -0.580. The van der Waals surface area contributed by atoms with Crippen molar-refractivity contribution in [1.82, 2.24) is 0 Å². The highest BCUT2D eigenvalue weighted by Gasteiger charge is 2.30. The summed E-state index contributed by atoms with van der Waals surface area (Å²) < 4.78 is 16.6. The Morgan fingerprint density at radius 2 is 1.74 bits per heavy atom. The summed E-state index contributed by atoms with van der Waals surface area (Å²) in [6, 6.07) is 16.4. The average Bonchev–Trinajstić information content (AvgIpc) is 2.73. The van der Waals surface area contributed by atoms with E-state index in [2.05, 4.69) is 10.9 Å². The molecule has 1 saturated heterocycles. The molecule has 1 aliphatic rings. The van der Waals surface area contributed by atoms with E-state index in [1.165, 1.54) is 0 Å². The van der Waals surface area contributed by atoms with Crippen molar-refractivity contribution < 1.29 is 14.2 Å². The summed E-state index contributed by atoms with van der Waals surface area (Å²) >= 11 is 0. The largest absolute Gasteiger partial charge is 0.497 e. The summed E-state index contributed by atoms with van der Waals surface area (Å²) in [5, 5.41) is 9.67. The van der Waals surface area contributed by atoms with Crippen LogP contribution in [0.15, 0.2) is 48.5 Å². The molecule has 0 aliphatic carbocycles. The van der Waals surface area contributed by atoms with Gasteiger partial charge in [-0.1, -0.05) is 12.1 Å². The second-order valence-corrected chi connectivity index (χ2v) is 6.44. The maximum Gasteiger partial charge on any atom is 0.268 e. The Kier molecular flexibility index (Phi) is 6.30. The van der Waals surface area contributed by atoms with E-state index < -0.39 is 12.0 Å². The van der Waals surface area contributed by atoms with Gasteiger partial charge in [0.05, 0.1) is 19.8 Å². The van der Waals surface area contributed by atoms with Crippen molar-refractivity contribution >= 4 is 0 Å². The average molecular weight is 362 g/mol. The number of rotatable bonds is 6. The summed E-state index contributed by atoms with van der Waals surface area (Å²) in [5.41, 5.74) is 1.60. The zero-order chi connectivity index (χ0) is 19.1. The van der Waals surface area contributed by atoms with Gasteiger partial charge in [-0.15, -0.1) is 0 Å². The number of nitriles is 1. The predicted octanol–water partition coefficient (Wildman–Crippen LogP) is 4.87.